The normalized spacial score (nSPS) is 14.4. The van der Waals surface area contributed by atoms with E-state index < -0.39 is 0 Å². The number of hydrogen-bond donors (Lipinski definition) is 0. The van der Waals surface area contributed by atoms with Crippen LogP contribution in [0.4, 0.5) is 0 Å². The highest BCUT2D eigenvalue weighted by atomic mass is 32.2. The molecule has 1 fully saturated rings. The minimum Gasteiger partial charge on any atom is -0.342 e. The Morgan fingerprint density at radius 2 is 1.85 bits per heavy atom. The smallest absolute Gasteiger partial charge is 0.257 e. The number of aromatic nitrogens is 2. The fourth-order valence-corrected chi connectivity index (χ4v) is 4.34. The third-order valence-corrected chi connectivity index (χ3v) is 6.23. The number of amides is 1. The van der Waals surface area contributed by atoms with Crippen molar-refractivity contribution in [2.75, 3.05) is 18.8 Å². The molecule has 27 heavy (non-hydrogen) atoms. The SMILES string of the molecule is Cc1ccccc1Cc1c(C)nc(SCC(=O)N2CCCCC2)n(C)c1=O. The molecule has 0 radical (unpaired) electrons. The first-order chi connectivity index (χ1) is 13.0. The Hall–Kier alpha value is -2.08. The molecule has 3 rings (SSSR count). The second kappa shape index (κ2) is 8.74. The van der Waals surface area contributed by atoms with Gasteiger partial charge in [0.15, 0.2) is 5.16 Å². The van der Waals surface area contributed by atoms with Crippen LogP contribution in [-0.4, -0.2) is 39.2 Å². The molecule has 1 aliphatic rings. The molecule has 6 heteroatoms. The highest BCUT2D eigenvalue weighted by Crippen LogP contribution is 2.19. The van der Waals surface area contributed by atoms with Gasteiger partial charge in [-0.05, 0) is 44.2 Å². The number of likely N-dealkylation sites (tertiary alicyclic amines) is 1. The summed E-state index contributed by atoms with van der Waals surface area (Å²) >= 11 is 1.36. The first kappa shape index (κ1) is 19.7. The lowest BCUT2D eigenvalue weighted by molar-refractivity contribution is -0.129. The molecular formula is C21H27N3O2S. The zero-order valence-electron chi connectivity index (χ0n) is 16.3. The van der Waals surface area contributed by atoms with E-state index in [-0.39, 0.29) is 11.5 Å². The summed E-state index contributed by atoms with van der Waals surface area (Å²) in [5.74, 6) is 0.465. The molecule has 1 aromatic heterocycles. The van der Waals surface area contributed by atoms with Gasteiger partial charge in [-0.2, -0.15) is 0 Å². The van der Waals surface area contributed by atoms with Gasteiger partial charge in [-0.25, -0.2) is 4.98 Å². The van der Waals surface area contributed by atoms with Crippen LogP contribution in [0.15, 0.2) is 34.2 Å². The van der Waals surface area contributed by atoms with Crippen LogP contribution in [-0.2, 0) is 18.3 Å². The number of rotatable bonds is 5. The summed E-state index contributed by atoms with van der Waals surface area (Å²) in [4.78, 5) is 31.8. The monoisotopic (exact) mass is 385 g/mol. The minimum absolute atomic E-state index is 0.0290. The maximum atomic E-state index is 12.9. The van der Waals surface area contributed by atoms with Gasteiger partial charge in [-0.3, -0.25) is 14.2 Å². The summed E-state index contributed by atoms with van der Waals surface area (Å²) in [6.45, 7) is 5.63. The van der Waals surface area contributed by atoms with Crippen molar-refractivity contribution < 1.29 is 4.79 Å². The summed E-state index contributed by atoms with van der Waals surface area (Å²) < 4.78 is 1.58. The largest absolute Gasteiger partial charge is 0.342 e. The van der Waals surface area contributed by atoms with Gasteiger partial charge in [0.1, 0.15) is 0 Å². The fraction of sp³-hybridized carbons (Fsp3) is 0.476. The molecule has 1 aromatic carbocycles. The third-order valence-electron chi connectivity index (χ3n) is 5.21. The highest BCUT2D eigenvalue weighted by molar-refractivity contribution is 7.99. The Morgan fingerprint density at radius 1 is 1.15 bits per heavy atom. The second-order valence-electron chi connectivity index (χ2n) is 7.16. The molecule has 2 heterocycles. The average molecular weight is 386 g/mol. The van der Waals surface area contributed by atoms with Crippen molar-refractivity contribution >= 4 is 17.7 Å². The number of piperidine rings is 1. The Labute approximate surface area is 164 Å². The molecule has 0 saturated carbocycles. The number of aryl methyl sites for hydroxylation is 2. The van der Waals surface area contributed by atoms with E-state index in [0.29, 0.717) is 17.3 Å². The van der Waals surface area contributed by atoms with Crippen molar-refractivity contribution in [3.05, 3.63) is 57.0 Å². The van der Waals surface area contributed by atoms with E-state index in [1.165, 1.54) is 23.7 Å². The molecule has 0 N–H and O–H groups in total. The first-order valence-corrected chi connectivity index (χ1v) is 10.5. The van der Waals surface area contributed by atoms with Crippen LogP contribution in [0.3, 0.4) is 0 Å². The van der Waals surface area contributed by atoms with Crippen LogP contribution in [0.5, 0.6) is 0 Å². The van der Waals surface area contributed by atoms with Crippen molar-refractivity contribution in [2.24, 2.45) is 7.05 Å². The van der Waals surface area contributed by atoms with E-state index >= 15 is 0 Å². The molecular weight excluding hydrogens is 358 g/mol. The van der Waals surface area contributed by atoms with E-state index in [4.69, 9.17) is 0 Å². The summed E-state index contributed by atoms with van der Waals surface area (Å²) in [5.41, 5.74) is 3.75. The van der Waals surface area contributed by atoms with Gasteiger partial charge in [-0.15, -0.1) is 0 Å². The Morgan fingerprint density at radius 3 is 2.56 bits per heavy atom. The van der Waals surface area contributed by atoms with Crippen LogP contribution in [0.1, 0.15) is 41.6 Å². The lowest BCUT2D eigenvalue weighted by Crippen LogP contribution is -2.37. The second-order valence-corrected chi connectivity index (χ2v) is 8.10. The Bertz CT molecular complexity index is 885. The summed E-state index contributed by atoms with van der Waals surface area (Å²) in [5, 5.41) is 0.608. The third kappa shape index (κ3) is 4.61. The molecule has 2 aromatic rings. The van der Waals surface area contributed by atoms with Crippen molar-refractivity contribution in [3.8, 4) is 0 Å². The van der Waals surface area contributed by atoms with E-state index in [2.05, 4.69) is 18.0 Å². The van der Waals surface area contributed by atoms with Gasteiger partial charge in [-0.1, -0.05) is 36.0 Å². The topological polar surface area (TPSA) is 55.2 Å². The number of hydrogen-bond acceptors (Lipinski definition) is 4. The Kier molecular flexibility index (Phi) is 6.37. The molecule has 0 bridgehead atoms. The van der Waals surface area contributed by atoms with Crippen molar-refractivity contribution in [2.45, 2.75) is 44.7 Å². The lowest BCUT2D eigenvalue weighted by atomic mass is 10.0. The molecule has 0 unspecified atom stereocenters. The van der Waals surface area contributed by atoms with Crippen LogP contribution in [0, 0.1) is 13.8 Å². The van der Waals surface area contributed by atoms with Crippen molar-refractivity contribution in [1.29, 1.82) is 0 Å². The summed E-state index contributed by atoms with van der Waals surface area (Å²) in [6.07, 6.45) is 3.95. The zero-order chi connectivity index (χ0) is 19.4. The van der Waals surface area contributed by atoms with Crippen LogP contribution in [0.2, 0.25) is 0 Å². The van der Waals surface area contributed by atoms with Gasteiger partial charge in [0.2, 0.25) is 5.91 Å². The number of carbonyl (C=O) groups excluding carboxylic acids is 1. The molecule has 144 valence electrons. The molecule has 0 aliphatic carbocycles. The molecule has 1 saturated heterocycles. The standard InChI is InChI=1S/C21H27N3O2S/c1-15-9-5-6-10-17(15)13-18-16(2)22-21(23(3)20(18)26)27-14-19(25)24-11-7-4-8-12-24/h5-6,9-10H,4,7-8,11-14H2,1-3H3. The van der Waals surface area contributed by atoms with E-state index in [1.807, 2.05) is 30.0 Å². The molecule has 1 amide bonds. The zero-order valence-corrected chi connectivity index (χ0v) is 17.1. The van der Waals surface area contributed by atoms with Gasteiger partial charge >= 0.3 is 0 Å². The van der Waals surface area contributed by atoms with Gasteiger partial charge in [0.25, 0.3) is 5.56 Å². The molecule has 0 spiro atoms. The molecule has 0 atom stereocenters. The van der Waals surface area contributed by atoms with Crippen molar-refractivity contribution in [3.63, 3.8) is 0 Å². The maximum absolute atomic E-state index is 12.9. The number of thioether (sulfide) groups is 1. The van der Waals surface area contributed by atoms with E-state index in [1.54, 1.807) is 11.6 Å². The summed E-state index contributed by atoms with van der Waals surface area (Å²) in [6, 6.07) is 8.10. The summed E-state index contributed by atoms with van der Waals surface area (Å²) in [7, 11) is 1.74. The predicted molar refractivity (Wildman–Crippen MR) is 109 cm³/mol. The van der Waals surface area contributed by atoms with Crippen LogP contribution >= 0.6 is 11.8 Å². The minimum atomic E-state index is -0.0290. The fourth-order valence-electron chi connectivity index (χ4n) is 3.42. The average Bonchev–Trinajstić information content (AvgIpc) is 2.68. The highest BCUT2D eigenvalue weighted by Gasteiger charge is 2.19. The van der Waals surface area contributed by atoms with E-state index in [0.717, 1.165) is 42.8 Å². The quantitative estimate of drug-likeness (QED) is 0.586. The van der Waals surface area contributed by atoms with Crippen LogP contribution in [0.25, 0.3) is 0 Å². The van der Waals surface area contributed by atoms with Crippen molar-refractivity contribution in [1.82, 2.24) is 14.5 Å². The molecule has 1 aliphatic heterocycles. The van der Waals surface area contributed by atoms with Gasteiger partial charge < -0.3 is 4.90 Å². The number of benzene rings is 1. The first-order valence-electron chi connectivity index (χ1n) is 9.49. The maximum Gasteiger partial charge on any atom is 0.257 e. The Balaban J connectivity index is 1.75. The van der Waals surface area contributed by atoms with Crippen LogP contribution < -0.4 is 5.56 Å². The van der Waals surface area contributed by atoms with Gasteiger partial charge in [0.05, 0.1) is 5.75 Å². The molecule has 5 nitrogen and oxygen atoms in total. The number of carbonyl (C=O) groups is 1. The van der Waals surface area contributed by atoms with E-state index in [9.17, 15) is 9.59 Å². The lowest BCUT2D eigenvalue weighted by Gasteiger charge is -2.26. The predicted octanol–water partition coefficient (Wildman–Crippen LogP) is 3.09. The van der Waals surface area contributed by atoms with Gasteiger partial charge in [0, 0.05) is 37.8 Å². The number of nitrogens with zero attached hydrogens (tertiary/aromatic N) is 3.